The smallest absolute Gasteiger partial charge is 0.355 e. The van der Waals surface area contributed by atoms with Gasteiger partial charge in [-0.15, -0.1) is 0 Å². The van der Waals surface area contributed by atoms with Crippen LogP contribution in [0.3, 0.4) is 0 Å². The SMILES string of the molecule is CCOC(=O)c1c(C)cc2n1CCc1cc(OC)ccc1-2. The van der Waals surface area contributed by atoms with E-state index in [0.29, 0.717) is 12.3 Å². The first-order valence-electron chi connectivity index (χ1n) is 7.20. The summed E-state index contributed by atoms with van der Waals surface area (Å²) in [6, 6.07) is 8.16. The van der Waals surface area contributed by atoms with Gasteiger partial charge < -0.3 is 14.0 Å². The van der Waals surface area contributed by atoms with Crippen LogP contribution in [0, 0.1) is 6.92 Å². The Morgan fingerprint density at radius 2 is 2.14 bits per heavy atom. The Bertz CT molecular complexity index is 700. The zero-order valence-electron chi connectivity index (χ0n) is 12.6. The predicted molar refractivity (Wildman–Crippen MR) is 80.8 cm³/mol. The summed E-state index contributed by atoms with van der Waals surface area (Å²) < 4.78 is 12.5. The number of esters is 1. The number of rotatable bonds is 3. The van der Waals surface area contributed by atoms with E-state index in [4.69, 9.17) is 9.47 Å². The lowest BCUT2D eigenvalue weighted by Gasteiger charge is -2.21. The number of aromatic nitrogens is 1. The summed E-state index contributed by atoms with van der Waals surface area (Å²) in [6.45, 7) is 4.97. The fourth-order valence-corrected chi connectivity index (χ4v) is 3.00. The second-order valence-electron chi connectivity index (χ2n) is 5.21. The lowest BCUT2D eigenvalue weighted by molar-refractivity contribution is 0.0513. The van der Waals surface area contributed by atoms with Gasteiger partial charge in [-0.2, -0.15) is 0 Å². The van der Waals surface area contributed by atoms with E-state index in [1.807, 2.05) is 19.9 Å². The van der Waals surface area contributed by atoms with Gasteiger partial charge in [0, 0.05) is 17.8 Å². The Morgan fingerprint density at radius 3 is 2.86 bits per heavy atom. The van der Waals surface area contributed by atoms with Gasteiger partial charge in [-0.3, -0.25) is 0 Å². The van der Waals surface area contributed by atoms with Crippen LogP contribution in [0.5, 0.6) is 5.75 Å². The van der Waals surface area contributed by atoms with Gasteiger partial charge in [-0.1, -0.05) is 0 Å². The van der Waals surface area contributed by atoms with Gasteiger partial charge in [0.15, 0.2) is 0 Å². The summed E-state index contributed by atoms with van der Waals surface area (Å²) in [5.41, 5.74) is 5.15. The molecular weight excluding hydrogens is 266 g/mol. The largest absolute Gasteiger partial charge is 0.497 e. The molecule has 4 heteroatoms. The molecule has 110 valence electrons. The number of hydrogen-bond donors (Lipinski definition) is 0. The Hall–Kier alpha value is -2.23. The van der Waals surface area contributed by atoms with Crippen molar-refractivity contribution in [2.45, 2.75) is 26.8 Å². The van der Waals surface area contributed by atoms with Crippen LogP contribution >= 0.6 is 0 Å². The fourth-order valence-electron chi connectivity index (χ4n) is 3.00. The lowest BCUT2D eigenvalue weighted by Crippen LogP contribution is -2.18. The van der Waals surface area contributed by atoms with Crippen LogP contribution in [0.4, 0.5) is 0 Å². The highest BCUT2D eigenvalue weighted by molar-refractivity contribution is 5.91. The Labute approximate surface area is 124 Å². The first-order chi connectivity index (χ1) is 10.2. The number of ether oxygens (including phenoxy) is 2. The second kappa shape index (κ2) is 5.28. The molecule has 0 saturated heterocycles. The second-order valence-corrected chi connectivity index (χ2v) is 5.21. The van der Waals surface area contributed by atoms with Crippen molar-refractivity contribution < 1.29 is 14.3 Å². The highest BCUT2D eigenvalue weighted by Crippen LogP contribution is 2.35. The molecule has 0 saturated carbocycles. The molecule has 0 bridgehead atoms. The van der Waals surface area contributed by atoms with E-state index in [0.717, 1.165) is 30.0 Å². The summed E-state index contributed by atoms with van der Waals surface area (Å²) >= 11 is 0. The van der Waals surface area contributed by atoms with Crippen molar-refractivity contribution in [3.63, 3.8) is 0 Å². The molecule has 2 aromatic rings. The maximum atomic E-state index is 12.1. The molecule has 0 N–H and O–H groups in total. The molecular formula is C17H19NO3. The number of hydrogen-bond acceptors (Lipinski definition) is 3. The maximum Gasteiger partial charge on any atom is 0.355 e. The number of aryl methyl sites for hydroxylation is 2. The van der Waals surface area contributed by atoms with Crippen LogP contribution in [-0.4, -0.2) is 24.3 Å². The van der Waals surface area contributed by atoms with E-state index < -0.39 is 0 Å². The minimum absolute atomic E-state index is 0.238. The van der Waals surface area contributed by atoms with Crippen molar-refractivity contribution in [2.75, 3.05) is 13.7 Å². The Kier molecular flexibility index (Phi) is 3.45. The van der Waals surface area contributed by atoms with E-state index in [2.05, 4.69) is 22.8 Å². The van der Waals surface area contributed by atoms with Gasteiger partial charge in [0.05, 0.1) is 13.7 Å². The van der Waals surface area contributed by atoms with Gasteiger partial charge >= 0.3 is 5.97 Å². The van der Waals surface area contributed by atoms with Crippen molar-refractivity contribution in [1.82, 2.24) is 4.57 Å². The van der Waals surface area contributed by atoms with Gasteiger partial charge in [-0.25, -0.2) is 4.79 Å². The zero-order chi connectivity index (χ0) is 15.0. The Balaban J connectivity index is 2.10. The number of methoxy groups -OCH3 is 1. The van der Waals surface area contributed by atoms with Crippen LogP contribution in [-0.2, 0) is 17.7 Å². The standard InChI is InChI=1S/C17H19NO3/c1-4-21-17(19)16-11(2)9-15-14-6-5-13(20-3)10-12(14)7-8-18(15)16/h5-6,9-10H,4,7-8H2,1-3H3. The van der Waals surface area contributed by atoms with Gasteiger partial charge in [-0.05, 0) is 55.7 Å². The average molecular weight is 285 g/mol. The molecule has 0 unspecified atom stereocenters. The predicted octanol–water partition coefficient (Wildman–Crippen LogP) is 3.20. The minimum atomic E-state index is -0.238. The lowest BCUT2D eigenvalue weighted by atomic mass is 9.98. The van der Waals surface area contributed by atoms with E-state index in [-0.39, 0.29) is 5.97 Å². The Morgan fingerprint density at radius 1 is 1.33 bits per heavy atom. The highest BCUT2D eigenvalue weighted by atomic mass is 16.5. The maximum absolute atomic E-state index is 12.1. The fraction of sp³-hybridized carbons (Fsp3) is 0.353. The summed E-state index contributed by atoms with van der Waals surface area (Å²) in [5, 5.41) is 0. The van der Waals surface area contributed by atoms with Crippen molar-refractivity contribution >= 4 is 5.97 Å². The molecule has 0 radical (unpaired) electrons. The van der Waals surface area contributed by atoms with Gasteiger partial charge in [0.1, 0.15) is 11.4 Å². The number of fused-ring (bicyclic) bond motifs is 3. The van der Waals surface area contributed by atoms with Crippen molar-refractivity contribution in [2.24, 2.45) is 0 Å². The summed E-state index contributed by atoms with van der Waals surface area (Å²) in [6.07, 6.45) is 0.889. The third-order valence-corrected chi connectivity index (χ3v) is 3.95. The molecule has 0 fully saturated rings. The van der Waals surface area contributed by atoms with E-state index >= 15 is 0 Å². The summed E-state index contributed by atoms with van der Waals surface area (Å²) in [5.74, 6) is 0.634. The van der Waals surface area contributed by atoms with E-state index in [9.17, 15) is 4.79 Å². The number of benzene rings is 1. The molecule has 0 aliphatic carbocycles. The van der Waals surface area contributed by atoms with Gasteiger partial charge in [0.25, 0.3) is 0 Å². The minimum Gasteiger partial charge on any atom is -0.497 e. The van der Waals surface area contributed by atoms with E-state index in [1.54, 1.807) is 7.11 Å². The number of carbonyl (C=O) groups excluding carboxylic acids is 1. The molecule has 3 rings (SSSR count). The zero-order valence-corrected chi connectivity index (χ0v) is 12.6. The molecule has 0 amide bonds. The molecule has 1 aliphatic rings. The molecule has 1 aromatic heterocycles. The molecule has 4 nitrogen and oxygen atoms in total. The van der Waals surface area contributed by atoms with Crippen molar-refractivity contribution in [3.8, 4) is 17.0 Å². The third kappa shape index (κ3) is 2.20. The van der Waals surface area contributed by atoms with Crippen LogP contribution in [0.1, 0.15) is 28.5 Å². The number of carbonyl (C=O) groups is 1. The molecule has 1 aromatic carbocycles. The quantitative estimate of drug-likeness (QED) is 0.813. The van der Waals surface area contributed by atoms with Crippen LogP contribution in [0.25, 0.3) is 11.3 Å². The molecule has 0 spiro atoms. The van der Waals surface area contributed by atoms with Crippen LogP contribution < -0.4 is 4.74 Å². The number of nitrogens with zero attached hydrogens (tertiary/aromatic N) is 1. The first kappa shape index (κ1) is 13.7. The van der Waals surface area contributed by atoms with Gasteiger partial charge in [0.2, 0.25) is 0 Å². The topological polar surface area (TPSA) is 40.5 Å². The monoisotopic (exact) mass is 285 g/mol. The molecule has 21 heavy (non-hydrogen) atoms. The van der Waals surface area contributed by atoms with Crippen LogP contribution in [0.15, 0.2) is 24.3 Å². The molecule has 0 atom stereocenters. The summed E-state index contributed by atoms with van der Waals surface area (Å²) in [7, 11) is 1.68. The highest BCUT2D eigenvalue weighted by Gasteiger charge is 2.25. The van der Waals surface area contributed by atoms with Crippen molar-refractivity contribution in [1.29, 1.82) is 0 Å². The first-order valence-corrected chi connectivity index (χ1v) is 7.20. The molecule has 1 aliphatic heterocycles. The van der Waals surface area contributed by atoms with Crippen molar-refractivity contribution in [3.05, 3.63) is 41.1 Å². The average Bonchev–Trinajstić information content (AvgIpc) is 2.83. The van der Waals surface area contributed by atoms with Crippen LogP contribution in [0.2, 0.25) is 0 Å². The summed E-state index contributed by atoms with van der Waals surface area (Å²) in [4.78, 5) is 12.1. The van der Waals surface area contributed by atoms with E-state index in [1.165, 1.54) is 11.1 Å². The normalized spacial score (nSPS) is 12.5. The third-order valence-electron chi connectivity index (χ3n) is 3.95. The molecule has 2 heterocycles.